The number of aromatic nitrogens is 2. The predicted molar refractivity (Wildman–Crippen MR) is 72.2 cm³/mol. The largest absolute Gasteiger partial charge is 0.495 e. The first-order chi connectivity index (χ1) is 8.60. The number of imidazole rings is 1. The van der Waals surface area contributed by atoms with Gasteiger partial charge in [0.2, 0.25) is 0 Å². The fraction of sp³-hybridized carbons (Fsp3) is 0.357. The van der Waals surface area contributed by atoms with Gasteiger partial charge in [-0.05, 0) is 33.0 Å². The first-order valence-corrected chi connectivity index (χ1v) is 5.95. The lowest BCUT2D eigenvalue weighted by Gasteiger charge is -2.25. The molecule has 0 saturated heterocycles. The second-order valence-corrected chi connectivity index (χ2v) is 4.70. The smallest absolute Gasteiger partial charge is 0.142 e. The van der Waals surface area contributed by atoms with Crippen LogP contribution in [-0.4, -0.2) is 23.7 Å². The van der Waals surface area contributed by atoms with Gasteiger partial charge < -0.3 is 10.1 Å². The van der Waals surface area contributed by atoms with Crippen molar-refractivity contribution in [1.82, 2.24) is 14.9 Å². The topological polar surface area (TPSA) is 39.1 Å². The van der Waals surface area contributed by atoms with Crippen molar-refractivity contribution in [2.75, 3.05) is 14.2 Å². The summed E-state index contributed by atoms with van der Waals surface area (Å²) >= 11 is 0. The second-order valence-electron chi connectivity index (χ2n) is 4.70. The average molecular weight is 245 g/mol. The molecule has 18 heavy (non-hydrogen) atoms. The summed E-state index contributed by atoms with van der Waals surface area (Å²) in [6.07, 6.45) is 3.69. The van der Waals surface area contributed by atoms with Gasteiger partial charge >= 0.3 is 0 Å². The second kappa shape index (κ2) is 4.82. The number of rotatable bonds is 4. The van der Waals surface area contributed by atoms with Crippen LogP contribution in [0.25, 0.3) is 5.69 Å². The molecule has 0 radical (unpaired) electrons. The maximum Gasteiger partial charge on any atom is 0.142 e. The summed E-state index contributed by atoms with van der Waals surface area (Å²) in [5, 5.41) is 3.29. The van der Waals surface area contributed by atoms with Crippen molar-refractivity contribution >= 4 is 0 Å². The van der Waals surface area contributed by atoms with E-state index in [-0.39, 0.29) is 5.54 Å². The normalized spacial score (nSPS) is 11.6. The number of nitrogens with zero attached hydrogens (tertiary/aromatic N) is 2. The molecule has 0 aliphatic heterocycles. The highest BCUT2D eigenvalue weighted by molar-refractivity contribution is 5.48. The molecule has 1 aromatic heterocycles. The highest BCUT2D eigenvalue weighted by atomic mass is 16.5. The summed E-state index contributed by atoms with van der Waals surface area (Å²) < 4.78 is 7.45. The Morgan fingerprint density at radius 3 is 2.67 bits per heavy atom. The summed E-state index contributed by atoms with van der Waals surface area (Å²) in [5.41, 5.74) is 1.93. The molecule has 1 aromatic carbocycles. The standard InChI is InChI=1S/C14H19N3O/c1-14(2,15-3)13-9-16-10-17(13)11-7-5-6-8-12(11)18-4/h5-10,15H,1-4H3. The average Bonchev–Trinajstić information content (AvgIpc) is 2.88. The number of methoxy groups -OCH3 is 1. The fourth-order valence-corrected chi connectivity index (χ4v) is 1.91. The zero-order chi connectivity index (χ0) is 13.2. The Bertz CT molecular complexity index is 531. The van der Waals surface area contributed by atoms with Gasteiger partial charge in [0, 0.05) is 0 Å². The van der Waals surface area contributed by atoms with Crippen molar-refractivity contribution in [2.24, 2.45) is 0 Å². The predicted octanol–water partition coefficient (Wildman–Crippen LogP) is 2.34. The lowest BCUT2D eigenvalue weighted by molar-refractivity contribution is 0.405. The van der Waals surface area contributed by atoms with E-state index in [1.54, 1.807) is 7.11 Å². The summed E-state index contributed by atoms with van der Waals surface area (Å²) in [6, 6.07) is 7.93. The number of benzene rings is 1. The summed E-state index contributed by atoms with van der Waals surface area (Å²) in [6.45, 7) is 4.24. The monoisotopic (exact) mass is 245 g/mol. The minimum Gasteiger partial charge on any atom is -0.495 e. The zero-order valence-electron chi connectivity index (χ0n) is 11.3. The minimum absolute atomic E-state index is 0.155. The van der Waals surface area contributed by atoms with Crippen LogP contribution in [0.5, 0.6) is 5.75 Å². The maximum atomic E-state index is 5.40. The number of hydrogen-bond acceptors (Lipinski definition) is 3. The molecular weight excluding hydrogens is 226 g/mol. The molecule has 2 aromatic rings. The lowest BCUT2D eigenvalue weighted by Crippen LogP contribution is -2.35. The first-order valence-electron chi connectivity index (χ1n) is 5.95. The molecule has 2 rings (SSSR count). The Balaban J connectivity index is 2.56. The van der Waals surface area contributed by atoms with Gasteiger partial charge in [-0.2, -0.15) is 0 Å². The Morgan fingerprint density at radius 2 is 2.00 bits per heavy atom. The van der Waals surface area contributed by atoms with Gasteiger partial charge in [-0.15, -0.1) is 0 Å². The third kappa shape index (κ3) is 2.11. The molecule has 0 atom stereocenters. The third-order valence-corrected chi connectivity index (χ3v) is 3.25. The maximum absolute atomic E-state index is 5.40. The van der Waals surface area contributed by atoms with Crippen LogP contribution in [-0.2, 0) is 5.54 Å². The molecule has 0 saturated carbocycles. The molecule has 96 valence electrons. The van der Waals surface area contributed by atoms with Crippen molar-refractivity contribution in [3.8, 4) is 11.4 Å². The van der Waals surface area contributed by atoms with Crippen LogP contribution >= 0.6 is 0 Å². The molecule has 1 heterocycles. The van der Waals surface area contributed by atoms with E-state index >= 15 is 0 Å². The van der Waals surface area contributed by atoms with Crippen LogP contribution in [0, 0.1) is 0 Å². The third-order valence-electron chi connectivity index (χ3n) is 3.25. The summed E-state index contributed by atoms with van der Waals surface area (Å²) in [4.78, 5) is 4.26. The molecule has 0 unspecified atom stereocenters. The quantitative estimate of drug-likeness (QED) is 0.898. The van der Waals surface area contributed by atoms with Gasteiger partial charge in [0.1, 0.15) is 5.75 Å². The van der Waals surface area contributed by atoms with E-state index in [4.69, 9.17) is 4.74 Å². The van der Waals surface area contributed by atoms with Gasteiger partial charge in [0.25, 0.3) is 0 Å². The van der Waals surface area contributed by atoms with Crippen molar-refractivity contribution in [2.45, 2.75) is 19.4 Å². The van der Waals surface area contributed by atoms with Gasteiger partial charge in [-0.25, -0.2) is 4.98 Å². The van der Waals surface area contributed by atoms with Gasteiger partial charge in [-0.3, -0.25) is 4.57 Å². The van der Waals surface area contributed by atoms with Crippen LogP contribution in [0.4, 0.5) is 0 Å². The highest BCUT2D eigenvalue weighted by Gasteiger charge is 2.23. The van der Waals surface area contributed by atoms with Gasteiger partial charge in [0.15, 0.2) is 0 Å². The first kappa shape index (κ1) is 12.6. The Labute approximate surface area is 108 Å². The molecule has 0 aliphatic carbocycles. The zero-order valence-corrected chi connectivity index (χ0v) is 11.3. The summed E-state index contributed by atoms with van der Waals surface area (Å²) in [7, 11) is 3.62. The highest BCUT2D eigenvalue weighted by Crippen LogP contribution is 2.27. The number of ether oxygens (including phenoxy) is 1. The number of hydrogen-bond donors (Lipinski definition) is 1. The van der Waals surface area contributed by atoms with E-state index < -0.39 is 0 Å². The van der Waals surface area contributed by atoms with Crippen LogP contribution in [0.3, 0.4) is 0 Å². The van der Waals surface area contributed by atoms with Gasteiger partial charge in [0.05, 0.1) is 36.6 Å². The van der Waals surface area contributed by atoms with Gasteiger partial charge in [-0.1, -0.05) is 12.1 Å². The molecule has 1 N–H and O–H groups in total. The number of nitrogens with one attached hydrogen (secondary N) is 1. The van der Waals surface area contributed by atoms with Crippen molar-refractivity contribution < 1.29 is 4.74 Å². The fourth-order valence-electron chi connectivity index (χ4n) is 1.91. The molecule has 0 aliphatic rings. The van der Waals surface area contributed by atoms with E-state index in [1.807, 2.05) is 43.8 Å². The van der Waals surface area contributed by atoms with Crippen molar-refractivity contribution in [3.63, 3.8) is 0 Å². The van der Waals surface area contributed by atoms with Crippen LogP contribution < -0.4 is 10.1 Å². The lowest BCUT2D eigenvalue weighted by atomic mass is 10.0. The number of para-hydroxylation sites is 2. The molecule has 4 heteroatoms. The van der Waals surface area contributed by atoms with Crippen molar-refractivity contribution in [3.05, 3.63) is 42.5 Å². The van der Waals surface area contributed by atoms with E-state index in [0.717, 1.165) is 17.1 Å². The molecule has 4 nitrogen and oxygen atoms in total. The SMILES string of the molecule is CNC(C)(C)c1cncn1-c1ccccc1OC. The van der Waals surface area contributed by atoms with Crippen LogP contribution in [0.2, 0.25) is 0 Å². The molecular formula is C14H19N3O. The van der Waals surface area contributed by atoms with E-state index in [2.05, 4.69) is 28.7 Å². The molecule has 0 amide bonds. The van der Waals surface area contributed by atoms with E-state index in [9.17, 15) is 0 Å². The Kier molecular flexibility index (Phi) is 3.39. The van der Waals surface area contributed by atoms with E-state index in [1.165, 1.54) is 0 Å². The Hall–Kier alpha value is -1.81. The van der Waals surface area contributed by atoms with Crippen LogP contribution in [0.15, 0.2) is 36.8 Å². The van der Waals surface area contributed by atoms with Crippen molar-refractivity contribution in [1.29, 1.82) is 0 Å². The molecule has 0 fully saturated rings. The molecule has 0 spiro atoms. The minimum atomic E-state index is -0.155. The summed E-state index contributed by atoms with van der Waals surface area (Å²) in [5.74, 6) is 0.837. The van der Waals surface area contributed by atoms with Crippen LogP contribution in [0.1, 0.15) is 19.5 Å². The Morgan fingerprint density at radius 1 is 1.28 bits per heavy atom. The van der Waals surface area contributed by atoms with E-state index in [0.29, 0.717) is 0 Å². The molecule has 0 bridgehead atoms.